The summed E-state index contributed by atoms with van der Waals surface area (Å²) in [7, 11) is -5.90. The summed E-state index contributed by atoms with van der Waals surface area (Å²) in [5.74, 6) is -0.859. The monoisotopic (exact) mass is 626 g/mol. The average molecular weight is 627 g/mol. The molecule has 3 aliphatic carbocycles. The summed E-state index contributed by atoms with van der Waals surface area (Å²) in [4.78, 5) is 36.4. The molecule has 1 N–H and O–H groups in total. The highest BCUT2D eigenvalue weighted by atomic mass is 32.2. The summed E-state index contributed by atoms with van der Waals surface area (Å²) in [6.07, 6.45) is 12.8. The number of aldehydes is 1. The number of alkyl halides is 2. The summed E-state index contributed by atoms with van der Waals surface area (Å²) < 4.78 is 68.1. The zero-order valence-electron chi connectivity index (χ0n) is 22.6. The predicted molar refractivity (Wildman–Crippen MR) is 149 cm³/mol. The van der Waals surface area contributed by atoms with E-state index in [1.165, 1.54) is 6.42 Å². The lowest BCUT2D eigenvalue weighted by Gasteiger charge is -2.45. The summed E-state index contributed by atoms with van der Waals surface area (Å²) in [6.45, 7) is -0.100. The van der Waals surface area contributed by atoms with Gasteiger partial charge in [0, 0.05) is 16.9 Å². The van der Waals surface area contributed by atoms with Crippen molar-refractivity contribution >= 4 is 51.9 Å². The van der Waals surface area contributed by atoms with E-state index in [4.69, 9.17) is 9.29 Å². The van der Waals surface area contributed by atoms with Crippen LogP contribution in [0.5, 0.6) is 0 Å². The largest absolute Gasteiger partial charge is 0.465 e. The summed E-state index contributed by atoms with van der Waals surface area (Å²) >= 11 is 3.42. The quantitative estimate of drug-likeness (QED) is 0.169. The zero-order valence-corrected chi connectivity index (χ0v) is 25.1. The van der Waals surface area contributed by atoms with Crippen LogP contribution in [0.4, 0.5) is 8.78 Å². The Morgan fingerprint density at radius 1 is 1.10 bits per heavy atom. The molecule has 0 spiro atoms. The molecule has 1 aliphatic heterocycles. The van der Waals surface area contributed by atoms with Crippen molar-refractivity contribution in [3.63, 3.8) is 0 Å². The summed E-state index contributed by atoms with van der Waals surface area (Å²) in [5, 5.41) is -4.93. The number of hydrogen-bond donors (Lipinski definition) is 1. The maximum absolute atomic E-state index is 13.6. The molecule has 4 fully saturated rings. The number of esters is 2. The number of hydrogen-bond acceptors (Lipinski definition) is 9. The van der Waals surface area contributed by atoms with Crippen LogP contribution in [0.2, 0.25) is 0 Å². The van der Waals surface area contributed by atoms with E-state index in [2.05, 4.69) is 4.74 Å². The van der Waals surface area contributed by atoms with E-state index < -0.39 is 26.8 Å². The first-order chi connectivity index (χ1) is 18.9. The highest BCUT2D eigenvalue weighted by molar-refractivity contribution is 8.20. The molecule has 4 rings (SSSR count). The fourth-order valence-electron chi connectivity index (χ4n) is 7.09. The molecular weight excluding hydrogens is 586 g/mol. The second-order valence-corrected chi connectivity index (χ2v) is 16.4. The molecule has 6 unspecified atom stereocenters. The third-order valence-corrected chi connectivity index (χ3v) is 13.5. The molecule has 0 aromatic rings. The molecule has 0 radical (unpaired) electrons. The number of carbonyl (C=O) groups excluding carboxylic acids is 3. The van der Waals surface area contributed by atoms with E-state index in [1.54, 1.807) is 23.5 Å². The molecule has 3 saturated carbocycles. The Hall–Kier alpha value is -0.920. The van der Waals surface area contributed by atoms with Gasteiger partial charge in [0.15, 0.2) is 0 Å². The van der Waals surface area contributed by atoms with E-state index in [1.807, 2.05) is 0 Å². The lowest BCUT2D eigenvalue weighted by atomic mass is 9.59. The standard InChI is InChI=1S/C27H40F2O8S3/c28-27(29,40(33,34)35)25(32)36-10-8-21(12-18-5-2-1-3-6-18)23-38-17-22(39-23)16-37-24(31)26-9-4-7-19(13-26)11-20(14-26)15-30/h15,18-23H,1-14,16-17H2,(H,33,34,35). The number of thioether (sulfide) groups is 2. The number of fused-ring (bicyclic) bond motifs is 2. The van der Waals surface area contributed by atoms with E-state index in [0.717, 1.165) is 76.2 Å². The van der Waals surface area contributed by atoms with Gasteiger partial charge in [0.25, 0.3) is 0 Å². The third kappa shape index (κ3) is 7.72. The van der Waals surface area contributed by atoms with E-state index in [0.29, 0.717) is 24.7 Å². The Bertz CT molecular complexity index is 1020. The van der Waals surface area contributed by atoms with Crippen LogP contribution in [-0.4, -0.2) is 65.2 Å². The number of ether oxygens (including phenoxy) is 2. The van der Waals surface area contributed by atoms with Gasteiger partial charge in [-0.2, -0.15) is 17.2 Å². The van der Waals surface area contributed by atoms with Crippen molar-refractivity contribution in [3.05, 3.63) is 0 Å². The molecule has 2 bridgehead atoms. The van der Waals surface area contributed by atoms with Crippen molar-refractivity contribution in [2.45, 2.75) is 98.6 Å². The van der Waals surface area contributed by atoms with Crippen LogP contribution >= 0.6 is 23.5 Å². The van der Waals surface area contributed by atoms with Gasteiger partial charge in [-0.05, 0) is 56.3 Å². The Morgan fingerprint density at radius 2 is 1.85 bits per heavy atom. The Labute approximate surface area is 243 Å². The lowest BCUT2D eigenvalue weighted by molar-refractivity contribution is -0.163. The van der Waals surface area contributed by atoms with Gasteiger partial charge in [-0.25, -0.2) is 4.79 Å². The van der Waals surface area contributed by atoms with Crippen LogP contribution < -0.4 is 0 Å². The van der Waals surface area contributed by atoms with Crippen molar-refractivity contribution in [2.75, 3.05) is 19.0 Å². The van der Waals surface area contributed by atoms with Gasteiger partial charge in [0.1, 0.15) is 12.9 Å². The lowest BCUT2D eigenvalue weighted by Crippen LogP contribution is -2.44. The van der Waals surface area contributed by atoms with Crippen LogP contribution in [0.15, 0.2) is 0 Å². The first-order valence-corrected chi connectivity index (χ1v) is 17.8. The zero-order chi connectivity index (χ0) is 29.0. The molecule has 13 heteroatoms. The first-order valence-electron chi connectivity index (χ1n) is 14.3. The fourth-order valence-corrected chi connectivity index (χ4v) is 10.9. The van der Waals surface area contributed by atoms with E-state index >= 15 is 0 Å². The van der Waals surface area contributed by atoms with Crippen LogP contribution in [-0.2, 0) is 34.0 Å². The molecule has 8 nitrogen and oxygen atoms in total. The highest BCUT2D eigenvalue weighted by Gasteiger charge is 2.54. The Kier molecular flexibility index (Phi) is 10.9. The maximum atomic E-state index is 13.6. The van der Waals surface area contributed by atoms with Gasteiger partial charge >= 0.3 is 27.3 Å². The highest BCUT2D eigenvalue weighted by Crippen LogP contribution is 2.52. The topological polar surface area (TPSA) is 124 Å². The molecule has 6 atom stereocenters. The number of halogens is 2. The van der Waals surface area contributed by atoms with Gasteiger partial charge < -0.3 is 14.3 Å². The molecule has 40 heavy (non-hydrogen) atoms. The molecule has 228 valence electrons. The molecule has 1 heterocycles. The minimum Gasteiger partial charge on any atom is -0.464 e. The van der Waals surface area contributed by atoms with Crippen LogP contribution in [0.3, 0.4) is 0 Å². The van der Waals surface area contributed by atoms with Crippen molar-refractivity contribution < 1.29 is 45.6 Å². The molecule has 0 amide bonds. The van der Waals surface area contributed by atoms with Crippen LogP contribution in [0, 0.1) is 29.1 Å². The number of carbonyl (C=O) groups is 3. The van der Waals surface area contributed by atoms with E-state index in [-0.39, 0.29) is 40.9 Å². The molecule has 0 aromatic carbocycles. The van der Waals surface area contributed by atoms with Crippen molar-refractivity contribution in [3.8, 4) is 0 Å². The molecule has 0 aromatic heterocycles. The van der Waals surface area contributed by atoms with Crippen LogP contribution in [0.25, 0.3) is 0 Å². The minimum atomic E-state index is -5.90. The Balaban J connectivity index is 1.31. The third-order valence-electron chi connectivity index (χ3n) is 9.06. The SMILES string of the molecule is O=CC1CC2CCCC(C(=O)OCC3CSC(C(CCOC(=O)C(F)(F)S(=O)(=O)O)CC4CCCCC4)S3)(C1)C2. The summed E-state index contributed by atoms with van der Waals surface area (Å²) in [6, 6.07) is 0. The fraction of sp³-hybridized carbons (Fsp3) is 0.889. The second kappa shape index (κ2) is 13.6. The molecule has 4 aliphatic rings. The van der Waals surface area contributed by atoms with Gasteiger partial charge in [0.2, 0.25) is 0 Å². The predicted octanol–water partition coefficient (Wildman–Crippen LogP) is 5.49. The second-order valence-electron chi connectivity index (χ2n) is 12.1. The van der Waals surface area contributed by atoms with Gasteiger partial charge in [-0.1, -0.05) is 44.9 Å². The average Bonchev–Trinajstić information content (AvgIpc) is 3.39. The maximum Gasteiger partial charge on any atom is 0.465 e. The van der Waals surface area contributed by atoms with Gasteiger partial charge in [-0.3, -0.25) is 9.35 Å². The van der Waals surface area contributed by atoms with Crippen molar-refractivity contribution in [1.82, 2.24) is 0 Å². The first kappa shape index (κ1) is 32.0. The smallest absolute Gasteiger partial charge is 0.464 e. The van der Waals surface area contributed by atoms with Gasteiger partial charge in [0.05, 0.1) is 16.6 Å². The van der Waals surface area contributed by atoms with E-state index in [9.17, 15) is 31.6 Å². The minimum absolute atomic E-state index is 0.0374. The Morgan fingerprint density at radius 3 is 2.55 bits per heavy atom. The normalized spacial score (nSPS) is 32.3. The summed E-state index contributed by atoms with van der Waals surface area (Å²) in [5.41, 5.74) is -0.555. The van der Waals surface area contributed by atoms with Crippen molar-refractivity contribution in [2.24, 2.45) is 29.1 Å². The number of rotatable bonds is 12. The molecular formula is C27H40F2O8S3. The van der Waals surface area contributed by atoms with Crippen molar-refractivity contribution in [1.29, 1.82) is 0 Å². The van der Waals surface area contributed by atoms with Gasteiger partial charge in [-0.15, -0.1) is 23.5 Å². The molecule has 1 saturated heterocycles. The van der Waals surface area contributed by atoms with Crippen LogP contribution in [0.1, 0.15) is 83.5 Å².